The number of benzene rings is 4. The van der Waals surface area contributed by atoms with Gasteiger partial charge < -0.3 is 5.32 Å². The lowest BCUT2D eigenvalue weighted by molar-refractivity contribution is 0.802. The van der Waals surface area contributed by atoms with Crippen LogP contribution in [0.4, 0.5) is 11.4 Å². The maximum absolute atomic E-state index is 3.67. The number of unbranched alkanes of at least 4 members (excludes halogenated alkanes) is 1. The minimum atomic E-state index is 1.12. The molecule has 4 aromatic carbocycles. The summed E-state index contributed by atoms with van der Waals surface area (Å²) >= 11 is 0. The zero-order valence-electron chi connectivity index (χ0n) is 21.2. The second-order valence-corrected chi connectivity index (χ2v) is 7.69. The highest BCUT2D eigenvalue weighted by Gasteiger charge is 2.13. The lowest BCUT2D eigenvalue weighted by Crippen LogP contribution is -1.97. The summed E-state index contributed by atoms with van der Waals surface area (Å²) in [6.45, 7) is 11.8. The first kappa shape index (κ1) is 26.7. The smallest absolute Gasteiger partial charge is 0.0543 e. The predicted octanol–water partition coefficient (Wildman–Crippen LogP) is 10.4. The molecule has 0 radical (unpaired) electrons. The minimum absolute atomic E-state index is 1.12. The third-order valence-corrected chi connectivity index (χ3v) is 5.42. The molecule has 0 spiro atoms. The van der Waals surface area contributed by atoms with Gasteiger partial charge in [0.15, 0.2) is 0 Å². The van der Waals surface area contributed by atoms with Crippen LogP contribution in [0.1, 0.15) is 46.1 Å². The molecule has 0 bridgehead atoms. The quantitative estimate of drug-likeness (QED) is 0.218. The molecule has 1 heteroatoms. The van der Waals surface area contributed by atoms with E-state index in [1.807, 2.05) is 45.1 Å². The molecule has 0 aromatic heterocycles. The Hall–Kier alpha value is -3.58. The number of para-hydroxylation sites is 1. The van der Waals surface area contributed by atoms with E-state index in [1.165, 1.54) is 45.6 Å². The van der Waals surface area contributed by atoms with E-state index in [2.05, 4.69) is 97.7 Å². The number of fused-ring (bicyclic) bond motifs is 2. The fraction of sp³-hybridized carbons (Fsp3) is 0.212. The van der Waals surface area contributed by atoms with E-state index in [4.69, 9.17) is 0 Å². The molecule has 0 amide bonds. The fourth-order valence-corrected chi connectivity index (χ4v) is 3.90. The Morgan fingerprint density at radius 3 is 1.74 bits per heavy atom. The normalized spacial score (nSPS) is 10.6. The fourth-order valence-electron chi connectivity index (χ4n) is 3.90. The summed E-state index contributed by atoms with van der Waals surface area (Å²) < 4.78 is 0. The van der Waals surface area contributed by atoms with Crippen LogP contribution in [0.2, 0.25) is 0 Å². The number of nitrogens with one attached hydrogen (secondary N) is 1. The van der Waals surface area contributed by atoms with E-state index >= 15 is 0 Å². The predicted molar refractivity (Wildman–Crippen MR) is 155 cm³/mol. The topological polar surface area (TPSA) is 12.0 Å². The molecule has 34 heavy (non-hydrogen) atoms. The van der Waals surface area contributed by atoms with Crippen molar-refractivity contribution in [2.24, 2.45) is 0 Å². The third kappa shape index (κ3) is 7.22. The minimum Gasteiger partial charge on any atom is -0.355 e. The van der Waals surface area contributed by atoms with Gasteiger partial charge in [-0.25, -0.2) is 0 Å². The van der Waals surface area contributed by atoms with Crippen LogP contribution in [0, 0.1) is 0 Å². The lowest BCUT2D eigenvalue weighted by Gasteiger charge is -2.18. The summed E-state index contributed by atoms with van der Waals surface area (Å²) in [7, 11) is 0. The Balaban J connectivity index is 0.000000393. The first-order valence-electron chi connectivity index (χ1n) is 12.4. The Bertz CT molecular complexity index is 1140. The lowest BCUT2D eigenvalue weighted by atomic mass is 9.92. The van der Waals surface area contributed by atoms with Gasteiger partial charge in [-0.3, -0.25) is 0 Å². The summed E-state index contributed by atoms with van der Waals surface area (Å²) in [4.78, 5) is 0. The number of rotatable bonds is 7. The summed E-state index contributed by atoms with van der Waals surface area (Å²) in [5, 5.41) is 9.01. The van der Waals surface area contributed by atoms with Crippen LogP contribution >= 0.6 is 0 Å². The molecule has 0 saturated carbocycles. The third-order valence-electron chi connectivity index (χ3n) is 5.42. The Kier molecular flexibility index (Phi) is 12.0. The molecule has 176 valence electrons. The van der Waals surface area contributed by atoms with Gasteiger partial charge in [0.05, 0.1) is 5.69 Å². The molecule has 0 unspecified atom stereocenters. The monoisotopic (exact) mass is 449 g/mol. The Morgan fingerprint density at radius 2 is 1.24 bits per heavy atom. The molecule has 0 atom stereocenters. The SMILES string of the molecule is C=C/C=C\C=C/C.CC.CCCCc1c2ccccc2c(Nc2ccccc2)c2ccccc12. The van der Waals surface area contributed by atoms with Gasteiger partial charge >= 0.3 is 0 Å². The van der Waals surface area contributed by atoms with Crippen molar-refractivity contribution < 1.29 is 0 Å². The van der Waals surface area contributed by atoms with Gasteiger partial charge in [-0.05, 0) is 48.2 Å². The van der Waals surface area contributed by atoms with Crippen LogP contribution in [-0.4, -0.2) is 0 Å². The highest BCUT2D eigenvalue weighted by molar-refractivity contribution is 6.14. The molecule has 0 aliphatic rings. The average Bonchev–Trinajstić information content (AvgIpc) is 2.91. The second kappa shape index (κ2) is 15.3. The van der Waals surface area contributed by atoms with Gasteiger partial charge in [-0.1, -0.05) is 131 Å². The number of allylic oxidation sites excluding steroid dienone is 5. The van der Waals surface area contributed by atoms with Crippen molar-refractivity contribution >= 4 is 32.9 Å². The number of anilines is 2. The zero-order chi connectivity index (χ0) is 24.6. The first-order chi connectivity index (χ1) is 16.8. The van der Waals surface area contributed by atoms with Crippen molar-refractivity contribution in [1.82, 2.24) is 0 Å². The van der Waals surface area contributed by atoms with Crippen molar-refractivity contribution in [2.45, 2.75) is 47.0 Å². The van der Waals surface area contributed by atoms with Crippen LogP contribution in [0.25, 0.3) is 21.5 Å². The van der Waals surface area contributed by atoms with Crippen LogP contribution in [-0.2, 0) is 6.42 Å². The van der Waals surface area contributed by atoms with Gasteiger partial charge in [0.1, 0.15) is 0 Å². The Labute approximate surface area is 206 Å². The van der Waals surface area contributed by atoms with Crippen molar-refractivity contribution in [3.63, 3.8) is 0 Å². The molecule has 0 fully saturated rings. The van der Waals surface area contributed by atoms with Crippen LogP contribution in [0.15, 0.2) is 116 Å². The molecule has 0 aliphatic heterocycles. The van der Waals surface area contributed by atoms with Crippen LogP contribution < -0.4 is 5.32 Å². The van der Waals surface area contributed by atoms with E-state index in [-0.39, 0.29) is 0 Å². The van der Waals surface area contributed by atoms with E-state index < -0.39 is 0 Å². The van der Waals surface area contributed by atoms with Gasteiger partial charge in [0, 0.05) is 16.5 Å². The van der Waals surface area contributed by atoms with E-state index in [0.717, 1.165) is 12.1 Å². The van der Waals surface area contributed by atoms with Crippen LogP contribution in [0.3, 0.4) is 0 Å². The summed E-state index contributed by atoms with van der Waals surface area (Å²) in [6, 6.07) is 28.0. The molecule has 1 N–H and O–H groups in total. The molecule has 4 rings (SSSR count). The van der Waals surface area contributed by atoms with Crippen molar-refractivity contribution in [2.75, 3.05) is 5.32 Å². The van der Waals surface area contributed by atoms with E-state index in [1.54, 1.807) is 6.08 Å². The molecular formula is C33H39N. The molecule has 4 aromatic rings. The molecule has 1 nitrogen and oxygen atoms in total. The summed E-state index contributed by atoms with van der Waals surface area (Å²) in [5.41, 5.74) is 3.81. The first-order valence-corrected chi connectivity index (χ1v) is 12.4. The van der Waals surface area contributed by atoms with E-state index in [9.17, 15) is 0 Å². The maximum atomic E-state index is 3.67. The second-order valence-electron chi connectivity index (χ2n) is 7.69. The summed E-state index contributed by atoms with van der Waals surface area (Å²) in [6.07, 6.45) is 13.1. The number of hydrogen-bond acceptors (Lipinski definition) is 1. The number of aryl methyl sites for hydroxylation is 1. The largest absolute Gasteiger partial charge is 0.355 e. The van der Waals surface area contributed by atoms with Crippen molar-refractivity contribution in [1.29, 1.82) is 0 Å². The van der Waals surface area contributed by atoms with Crippen molar-refractivity contribution in [3.05, 3.63) is 121 Å². The molecular weight excluding hydrogens is 410 g/mol. The molecule has 0 aliphatic carbocycles. The molecule has 0 heterocycles. The molecule has 0 saturated heterocycles. The van der Waals surface area contributed by atoms with Crippen LogP contribution in [0.5, 0.6) is 0 Å². The maximum Gasteiger partial charge on any atom is 0.0543 e. The number of hydrogen-bond donors (Lipinski definition) is 1. The van der Waals surface area contributed by atoms with Gasteiger partial charge in [-0.2, -0.15) is 0 Å². The van der Waals surface area contributed by atoms with E-state index in [0.29, 0.717) is 0 Å². The average molecular weight is 450 g/mol. The highest BCUT2D eigenvalue weighted by Crippen LogP contribution is 2.38. The summed E-state index contributed by atoms with van der Waals surface area (Å²) in [5.74, 6) is 0. The zero-order valence-corrected chi connectivity index (χ0v) is 21.2. The van der Waals surface area contributed by atoms with Crippen molar-refractivity contribution in [3.8, 4) is 0 Å². The van der Waals surface area contributed by atoms with Gasteiger partial charge in [0.2, 0.25) is 0 Å². The standard InChI is InChI=1S/C24H23N.C7H10.C2H6/c1-2-3-13-19-20-14-7-9-16-22(20)24(23-17-10-8-15-21(19)23)25-18-11-5-4-6-12-18;1-3-5-7-6-4-2;1-2/h4-12,14-17,25H,2-3,13H2,1H3;3-7H,1H2,2H3;1-2H3/b;6-4-,7-5-;. The van der Waals surface area contributed by atoms with Gasteiger partial charge in [-0.15, -0.1) is 0 Å². The Morgan fingerprint density at radius 1 is 0.706 bits per heavy atom. The highest BCUT2D eigenvalue weighted by atomic mass is 14.9. The van der Waals surface area contributed by atoms with Gasteiger partial charge in [0.25, 0.3) is 0 Å².